The minimum atomic E-state index is -0.204. The number of benzene rings is 1. The second kappa shape index (κ2) is 6.12. The van der Waals surface area contributed by atoms with Crippen LogP contribution in [0, 0.1) is 0 Å². The van der Waals surface area contributed by atoms with Crippen molar-refractivity contribution >= 4 is 11.6 Å². The summed E-state index contributed by atoms with van der Waals surface area (Å²) in [4.78, 5) is 11.2. The smallest absolute Gasteiger partial charge is 0.226 e. The number of amides is 1. The second-order valence-corrected chi connectivity index (χ2v) is 3.72. The Balaban J connectivity index is 2.63. The number of rotatable bonds is 5. The van der Waals surface area contributed by atoms with Gasteiger partial charge in [-0.15, -0.1) is 0 Å². The summed E-state index contributed by atoms with van der Waals surface area (Å²) in [6.45, 7) is 3.74. The van der Waals surface area contributed by atoms with Crippen molar-refractivity contribution in [3.8, 4) is 5.75 Å². The summed E-state index contributed by atoms with van der Waals surface area (Å²) in [6, 6.07) is 7.19. The van der Waals surface area contributed by atoms with Gasteiger partial charge in [-0.3, -0.25) is 4.79 Å². The maximum Gasteiger partial charge on any atom is 0.226 e. The molecule has 0 heterocycles. The zero-order chi connectivity index (χ0) is 12.0. The van der Waals surface area contributed by atoms with Crippen molar-refractivity contribution in [2.45, 2.75) is 26.4 Å². The first-order valence-corrected chi connectivity index (χ1v) is 5.29. The predicted octanol–water partition coefficient (Wildman–Crippen LogP) is 1.79. The van der Waals surface area contributed by atoms with E-state index in [1.165, 1.54) is 0 Å². The zero-order valence-electron chi connectivity index (χ0n) is 9.56. The molecule has 1 rings (SSSR count). The van der Waals surface area contributed by atoms with Crippen molar-refractivity contribution in [3.63, 3.8) is 0 Å². The molecule has 16 heavy (non-hydrogen) atoms. The summed E-state index contributed by atoms with van der Waals surface area (Å²) >= 11 is 0. The van der Waals surface area contributed by atoms with Gasteiger partial charge < -0.3 is 15.2 Å². The number of hydrogen-bond acceptors (Lipinski definition) is 3. The number of aliphatic hydroxyl groups is 1. The molecule has 0 saturated carbocycles. The van der Waals surface area contributed by atoms with Gasteiger partial charge >= 0.3 is 0 Å². The summed E-state index contributed by atoms with van der Waals surface area (Å²) in [5, 5.41) is 11.3. The number of aliphatic hydroxyl groups excluding tert-OH is 1. The maximum absolute atomic E-state index is 11.2. The van der Waals surface area contributed by atoms with Gasteiger partial charge in [0.05, 0.1) is 19.1 Å². The molecule has 0 aliphatic carbocycles. The molecule has 0 aliphatic rings. The summed E-state index contributed by atoms with van der Waals surface area (Å²) in [5.74, 6) is 0.515. The molecule has 1 aromatic carbocycles. The summed E-state index contributed by atoms with van der Waals surface area (Å²) < 4.78 is 5.50. The number of carbonyl (C=O) groups is 1. The first kappa shape index (κ1) is 12.5. The molecule has 1 aromatic rings. The largest absolute Gasteiger partial charge is 0.491 e. The van der Waals surface area contributed by atoms with Crippen LogP contribution in [0.5, 0.6) is 5.75 Å². The molecular formula is C12H17NO3. The van der Waals surface area contributed by atoms with Gasteiger partial charge in [0, 0.05) is 11.8 Å². The lowest BCUT2D eigenvalue weighted by atomic mass is 10.3. The molecule has 0 aromatic heterocycles. The van der Waals surface area contributed by atoms with Crippen LogP contribution in [0.4, 0.5) is 5.69 Å². The summed E-state index contributed by atoms with van der Waals surface area (Å²) in [7, 11) is 0. The number of ether oxygens (including phenoxy) is 1. The van der Waals surface area contributed by atoms with E-state index in [4.69, 9.17) is 9.84 Å². The number of nitrogens with one attached hydrogen (secondary N) is 1. The molecule has 4 heteroatoms. The fraction of sp³-hybridized carbons (Fsp3) is 0.417. The molecule has 0 fully saturated rings. The molecule has 0 spiro atoms. The molecule has 0 bridgehead atoms. The maximum atomic E-state index is 11.2. The average molecular weight is 223 g/mol. The van der Waals surface area contributed by atoms with E-state index < -0.39 is 0 Å². The third kappa shape index (κ3) is 4.31. The van der Waals surface area contributed by atoms with Crippen molar-refractivity contribution in [2.24, 2.45) is 0 Å². The Hall–Kier alpha value is -1.55. The Morgan fingerprint density at radius 3 is 2.88 bits per heavy atom. The molecule has 88 valence electrons. The normalized spacial score (nSPS) is 10.2. The van der Waals surface area contributed by atoms with Crippen molar-refractivity contribution in [3.05, 3.63) is 24.3 Å². The van der Waals surface area contributed by atoms with Crippen LogP contribution in [-0.2, 0) is 4.79 Å². The quantitative estimate of drug-likeness (QED) is 0.800. The van der Waals surface area contributed by atoms with E-state index >= 15 is 0 Å². The first-order valence-electron chi connectivity index (χ1n) is 5.29. The van der Waals surface area contributed by atoms with Crippen molar-refractivity contribution in [2.75, 3.05) is 11.9 Å². The van der Waals surface area contributed by atoms with E-state index in [0.29, 0.717) is 5.69 Å². The molecular weight excluding hydrogens is 206 g/mol. The second-order valence-electron chi connectivity index (χ2n) is 3.72. The highest BCUT2D eigenvalue weighted by Crippen LogP contribution is 2.18. The molecule has 0 unspecified atom stereocenters. The van der Waals surface area contributed by atoms with Crippen LogP contribution in [0.25, 0.3) is 0 Å². The van der Waals surface area contributed by atoms with Crippen LogP contribution in [-0.4, -0.2) is 23.7 Å². The Morgan fingerprint density at radius 2 is 2.25 bits per heavy atom. The van der Waals surface area contributed by atoms with E-state index in [9.17, 15) is 4.79 Å². The van der Waals surface area contributed by atoms with Gasteiger partial charge in [-0.05, 0) is 26.0 Å². The van der Waals surface area contributed by atoms with E-state index in [1.807, 2.05) is 26.0 Å². The molecule has 0 atom stereocenters. The minimum absolute atomic E-state index is 0.100. The Kier molecular flexibility index (Phi) is 4.79. The first-order chi connectivity index (χ1) is 7.61. The minimum Gasteiger partial charge on any atom is -0.491 e. The predicted molar refractivity (Wildman–Crippen MR) is 62.5 cm³/mol. The molecule has 0 saturated heterocycles. The molecule has 2 N–H and O–H groups in total. The Labute approximate surface area is 95.2 Å². The number of carbonyl (C=O) groups excluding carboxylic acids is 1. The molecule has 0 aliphatic heterocycles. The van der Waals surface area contributed by atoms with Crippen LogP contribution in [0.2, 0.25) is 0 Å². The lowest BCUT2D eigenvalue weighted by Crippen LogP contribution is -2.13. The Bertz CT molecular complexity index is 350. The third-order valence-electron chi connectivity index (χ3n) is 1.83. The zero-order valence-corrected chi connectivity index (χ0v) is 9.56. The van der Waals surface area contributed by atoms with Crippen molar-refractivity contribution < 1.29 is 14.6 Å². The highest BCUT2D eigenvalue weighted by molar-refractivity contribution is 5.90. The van der Waals surface area contributed by atoms with E-state index in [0.717, 1.165) is 5.75 Å². The monoisotopic (exact) mass is 223 g/mol. The van der Waals surface area contributed by atoms with Gasteiger partial charge in [-0.25, -0.2) is 0 Å². The molecule has 0 radical (unpaired) electrons. The SMILES string of the molecule is CC(C)Oc1cccc(NC(=O)CCO)c1. The number of hydrogen-bond donors (Lipinski definition) is 2. The van der Waals surface area contributed by atoms with Crippen LogP contribution in [0.3, 0.4) is 0 Å². The van der Waals surface area contributed by atoms with E-state index in [1.54, 1.807) is 12.1 Å². The summed E-state index contributed by atoms with van der Waals surface area (Å²) in [5.41, 5.74) is 0.677. The van der Waals surface area contributed by atoms with Crippen molar-refractivity contribution in [1.82, 2.24) is 0 Å². The topological polar surface area (TPSA) is 58.6 Å². The highest BCUT2D eigenvalue weighted by Gasteiger charge is 2.03. The van der Waals surface area contributed by atoms with E-state index in [-0.39, 0.29) is 25.0 Å². The average Bonchev–Trinajstić information content (AvgIpc) is 2.17. The fourth-order valence-corrected chi connectivity index (χ4v) is 1.24. The van der Waals surface area contributed by atoms with Gasteiger partial charge in [0.1, 0.15) is 5.75 Å². The van der Waals surface area contributed by atoms with Gasteiger partial charge in [0.25, 0.3) is 0 Å². The van der Waals surface area contributed by atoms with Crippen molar-refractivity contribution in [1.29, 1.82) is 0 Å². The highest BCUT2D eigenvalue weighted by atomic mass is 16.5. The number of anilines is 1. The van der Waals surface area contributed by atoms with Gasteiger partial charge in [-0.1, -0.05) is 6.07 Å². The summed E-state index contributed by atoms with van der Waals surface area (Å²) in [6.07, 6.45) is 0.207. The van der Waals surface area contributed by atoms with Gasteiger partial charge in [-0.2, -0.15) is 0 Å². The standard InChI is InChI=1S/C12H17NO3/c1-9(2)16-11-5-3-4-10(8-11)13-12(15)6-7-14/h3-5,8-9,14H,6-7H2,1-2H3,(H,13,15). The van der Waals surface area contributed by atoms with Crippen LogP contribution >= 0.6 is 0 Å². The Morgan fingerprint density at radius 1 is 1.50 bits per heavy atom. The van der Waals surface area contributed by atoms with Gasteiger partial charge in [0.2, 0.25) is 5.91 Å². The lowest BCUT2D eigenvalue weighted by Gasteiger charge is -2.11. The third-order valence-corrected chi connectivity index (χ3v) is 1.83. The van der Waals surface area contributed by atoms with Crippen LogP contribution < -0.4 is 10.1 Å². The van der Waals surface area contributed by atoms with Crippen LogP contribution in [0.1, 0.15) is 20.3 Å². The lowest BCUT2D eigenvalue weighted by molar-refractivity contribution is -0.116. The van der Waals surface area contributed by atoms with Gasteiger partial charge in [0.15, 0.2) is 0 Å². The van der Waals surface area contributed by atoms with Crippen LogP contribution in [0.15, 0.2) is 24.3 Å². The molecule has 4 nitrogen and oxygen atoms in total. The fourth-order valence-electron chi connectivity index (χ4n) is 1.24. The molecule has 1 amide bonds. The van der Waals surface area contributed by atoms with E-state index in [2.05, 4.69) is 5.32 Å².